The molecule has 156 valence electrons. The maximum atomic E-state index is 13.8. The van der Waals surface area contributed by atoms with Gasteiger partial charge in [0.2, 0.25) is 0 Å². The van der Waals surface area contributed by atoms with Crippen LogP contribution in [0.25, 0.3) is 0 Å². The normalized spacial score (nSPS) is 11.2. The van der Waals surface area contributed by atoms with E-state index in [1.807, 2.05) is 0 Å². The number of nitrogens with one attached hydrogen (secondary N) is 1. The fraction of sp³-hybridized carbons (Fsp3) is 0.143. The molecule has 1 aromatic heterocycles. The van der Waals surface area contributed by atoms with Gasteiger partial charge in [0, 0.05) is 12.2 Å². The highest BCUT2D eigenvalue weighted by Crippen LogP contribution is 2.34. The van der Waals surface area contributed by atoms with Gasteiger partial charge in [0.05, 0.1) is 11.1 Å². The molecule has 3 rings (SSSR count). The topological polar surface area (TPSA) is 77.2 Å². The Morgan fingerprint density at radius 1 is 1.10 bits per heavy atom. The molecule has 0 bridgehead atoms. The van der Waals surface area contributed by atoms with Gasteiger partial charge in [-0.05, 0) is 55.0 Å². The predicted molar refractivity (Wildman–Crippen MR) is 102 cm³/mol. The van der Waals surface area contributed by atoms with Crippen LogP contribution in [-0.2, 0) is 12.7 Å². The minimum atomic E-state index is -4.61. The van der Waals surface area contributed by atoms with Gasteiger partial charge in [-0.3, -0.25) is 4.79 Å². The lowest BCUT2D eigenvalue weighted by Gasteiger charge is -2.12. The number of pyridine rings is 1. The molecule has 9 heteroatoms. The van der Waals surface area contributed by atoms with Gasteiger partial charge in [0.1, 0.15) is 11.6 Å². The summed E-state index contributed by atoms with van der Waals surface area (Å²) in [7, 11) is 0. The number of nitrogen functional groups attached to an aromatic ring is 1. The molecule has 5 nitrogen and oxygen atoms in total. The van der Waals surface area contributed by atoms with E-state index in [-0.39, 0.29) is 23.7 Å². The van der Waals surface area contributed by atoms with Crippen LogP contribution in [0.5, 0.6) is 11.5 Å². The van der Waals surface area contributed by atoms with Crippen molar-refractivity contribution in [2.75, 3.05) is 5.73 Å². The van der Waals surface area contributed by atoms with Crippen LogP contribution >= 0.6 is 0 Å². The Morgan fingerprint density at radius 2 is 1.80 bits per heavy atom. The van der Waals surface area contributed by atoms with E-state index in [2.05, 4.69) is 10.3 Å². The van der Waals surface area contributed by atoms with Crippen LogP contribution in [0.15, 0.2) is 54.6 Å². The molecule has 2 aromatic carbocycles. The summed E-state index contributed by atoms with van der Waals surface area (Å²) in [6.07, 6.45) is -4.61. The molecular formula is C21H17F4N3O2. The summed E-state index contributed by atoms with van der Waals surface area (Å²) in [5, 5.41) is 2.69. The van der Waals surface area contributed by atoms with Crippen LogP contribution in [-0.4, -0.2) is 10.9 Å². The summed E-state index contributed by atoms with van der Waals surface area (Å²) in [6.45, 7) is 1.93. The predicted octanol–water partition coefficient (Wildman–Crippen LogP) is 4.85. The second-order valence-corrected chi connectivity index (χ2v) is 6.46. The van der Waals surface area contributed by atoms with Gasteiger partial charge in [0.25, 0.3) is 5.91 Å². The van der Waals surface area contributed by atoms with E-state index in [0.717, 1.165) is 0 Å². The first-order chi connectivity index (χ1) is 14.1. The Bertz CT molecular complexity index is 1070. The number of alkyl halides is 3. The van der Waals surface area contributed by atoms with E-state index in [4.69, 9.17) is 10.5 Å². The number of aromatic nitrogens is 1. The number of hydrogen-bond donors (Lipinski definition) is 2. The largest absolute Gasteiger partial charge is 0.454 e. The average molecular weight is 419 g/mol. The monoisotopic (exact) mass is 419 g/mol. The summed E-state index contributed by atoms with van der Waals surface area (Å²) in [6, 6.07) is 11.3. The highest BCUT2D eigenvalue weighted by molar-refractivity contribution is 5.98. The number of rotatable bonds is 5. The second kappa shape index (κ2) is 8.40. The Hall–Kier alpha value is -3.62. The number of hydrogen-bond acceptors (Lipinski definition) is 4. The lowest BCUT2D eigenvalue weighted by atomic mass is 10.2. The van der Waals surface area contributed by atoms with E-state index in [0.29, 0.717) is 29.5 Å². The maximum absolute atomic E-state index is 13.8. The Labute approximate surface area is 169 Å². The summed E-state index contributed by atoms with van der Waals surface area (Å²) < 4.78 is 57.4. The van der Waals surface area contributed by atoms with E-state index in [9.17, 15) is 22.4 Å². The first kappa shape index (κ1) is 21.1. The van der Waals surface area contributed by atoms with E-state index >= 15 is 0 Å². The molecule has 0 spiro atoms. The molecule has 3 aromatic rings. The lowest BCUT2D eigenvalue weighted by Crippen LogP contribution is -2.24. The van der Waals surface area contributed by atoms with Gasteiger partial charge in [-0.15, -0.1) is 0 Å². The minimum Gasteiger partial charge on any atom is -0.454 e. The van der Waals surface area contributed by atoms with Crippen molar-refractivity contribution in [2.24, 2.45) is 0 Å². The molecule has 0 saturated carbocycles. The van der Waals surface area contributed by atoms with Crippen molar-refractivity contribution in [3.8, 4) is 11.5 Å². The molecule has 0 aliphatic rings. The number of halogens is 4. The van der Waals surface area contributed by atoms with E-state index < -0.39 is 29.2 Å². The number of nitrogens with two attached hydrogens (primary N) is 1. The molecule has 0 unspecified atom stereocenters. The number of benzene rings is 2. The smallest absolute Gasteiger partial charge is 0.416 e. The second-order valence-electron chi connectivity index (χ2n) is 6.46. The van der Waals surface area contributed by atoms with Crippen LogP contribution in [0.3, 0.4) is 0 Å². The van der Waals surface area contributed by atoms with Crippen molar-refractivity contribution in [2.45, 2.75) is 19.6 Å². The van der Waals surface area contributed by atoms with Gasteiger partial charge in [0.15, 0.2) is 11.6 Å². The molecular weight excluding hydrogens is 402 g/mol. The summed E-state index contributed by atoms with van der Waals surface area (Å²) in [5.74, 6) is -1.57. The van der Waals surface area contributed by atoms with E-state index in [1.165, 1.54) is 12.1 Å². The lowest BCUT2D eigenvalue weighted by molar-refractivity contribution is -0.137. The minimum absolute atomic E-state index is 0.124. The molecule has 0 aliphatic heterocycles. The first-order valence-electron chi connectivity index (χ1n) is 8.78. The number of carbonyl (C=O) groups excluding carboxylic acids is 1. The van der Waals surface area contributed by atoms with Crippen molar-refractivity contribution in [3.05, 3.63) is 82.8 Å². The van der Waals surface area contributed by atoms with Gasteiger partial charge < -0.3 is 15.8 Å². The maximum Gasteiger partial charge on any atom is 0.416 e. The SMILES string of the molecule is Cc1ccc(C(=O)NCc2ccc(Oc3cc(C(F)(F)F)ccc3F)cc2)c(N)n1. The highest BCUT2D eigenvalue weighted by Gasteiger charge is 2.31. The quantitative estimate of drug-likeness (QED) is 0.580. The van der Waals surface area contributed by atoms with Crippen LogP contribution in [0.2, 0.25) is 0 Å². The van der Waals surface area contributed by atoms with Crippen LogP contribution in [0.4, 0.5) is 23.4 Å². The summed E-state index contributed by atoms with van der Waals surface area (Å²) in [4.78, 5) is 16.2. The number of anilines is 1. The third-order valence-corrected chi connectivity index (χ3v) is 4.17. The Kier molecular flexibility index (Phi) is 5.91. The van der Waals surface area contributed by atoms with Crippen LogP contribution < -0.4 is 15.8 Å². The van der Waals surface area contributed by atoms with Crippen LogP contribution in [0, 0.1) is 12.7 Å². The van der Waals surface area contributed by atoms with Crippen molar-refractivity contribution in [1.29, 1.82) is 0 Å². The molecule has 0 fully saturated rings. The molecule has 0 radical (unpaired) electrons. The number of ether oxygens (including phenoxy) is 1. The zero-order valence-electron chi connectivity index (χ0n) is 15.8. The number of nitrogens with zero attached hydrogens (tertiary/aromatic N) is 1. The van der Waals surface area contributed by atoms with Crippen molar-refractivity contribution in [1.82, 2.24) is 10.3 Å². The van der Waals surface area contributed by atoms with Gasteiger partial charge >= 0.3 is 6.18 Å². The van der Waals surface area contributed by atoms with Gasteiger partial charge in [-0.25, -0.2) is 9.37 Å². The molecule has 3 N–H and O–H groups in total. The Balaban J connectivity index is 1.65. The zero-order chi connectivity index (χ0) is 21.9. The Morgan fingerprint density at radius 3 is 2.43 bits per heavy atom. The molecule has 1 heterocycles. The van der Waals surface area contributed by atoms with Gasteiger partial charge in [-0.1, -0.05) is 12.1 Å². The third kappa shape index (κ3) is 5.05. The average Bonchev–Trinajstić information content (AvgIpc) is 2.68. The number of aryl methyl sites for hydroxylation is 1. The molecule has 1 amide bonds. The number of carbonyl (C=O) groups is 1. The van der Waals surface area contributed by atoms with Crippen molar-refractivity contribution in [3.63, 3.8) is 0 Å². The van der Waals surface area contributed by atoms with Crippen molar-refractivity contribution < 1.29 is 27.1 Å². The van der Waals surface area contributed by atoms with Crippen molar-refractivity contribution >= 4 is 11.7 Å². The fourth-order valence-corrected chi connectivity index (χ4v) is 2.61. The highest BCUT2D eigenvalue weighted by atomic mass is 19.4. The van der Waals surface area contributed by atoms with Gasteiger partial charge in [-0.2, -0.15) is 13.2 Å². The third-order valence-electron chi connectivity index (χ3n) is 4.17. The summed E-state index contributed by atoms with van der Waals surface area (Å²) >= 11 is 0. The zero-order valence-corrected chi connectivity index (χ0v) is 15.8. The van der Waals surface area contributed by atoms with Crippen LogP contribution in [0.1, 0.15) is 27.2 Å². The fourth-order valence-electron chi connectivity index (χ4n) is 2.61. The number of amides is 1. The first-order valence-corrected chi connectivity index (χ1v) is 8.78. The molecule has 0 atom stereocenters. The molecule has 0 aliphatic carbocycles. The van der Waals surface area contributed by atoms with E-state index in [1.54, 1.807) is 31.2 Å². The summed E-state index contributed by atoms with van der Waals surface area (Å²) in [5.41, 5.74) is 6.37. The standard InChI is InChI=1S/C21H17F4N3O2/c1-12-2-8-16(19(26)28-12)20(29)27-11-13-3-6-15(7-4-13)30-18-10-14(21(23,24)25)5-9-17(18)22/h2-10H,11H2,1H3,(H2,26,28)(H,27,29). The molecule has 30 heavy (non-hydrogen) atoms. The molecule has 0 saturated heterocycles.